The summed E-state index contributed by atoms with van der Waals surface area (Å²) in [6, 6.07) is 18.5. The van der Waals surface area contributed by atoms with Gasteiger partial charge < -0.3 is 10.2 Å². The van der Waals surface area contributed by atoms with Gasteiger partial charge in [0.2, 0.25) is 11.8 Å². The van der Waals surface area contributed by atoms with Crippen molar-refractivity contribution in [3.05, 3.63) is 92.9 Å². The number of benzene rings is 3. The van der Waals surface area contributed by atoms with Crippen LogP contribution in [0.2, 0.25) is 10.0 Å². The third-order valence-electron chi connectivity index (χ3n) is 5.68. The van der Waals surface area contributed by atoms with Gasteiger partial charge >= 0.3 is 0 Å². The molecule has 0 bridgehead atoms. The molecule has 0 saturated carbocycles. The summed E-state index contributed by atoms with van der Waals surface area (Å²) in [6.45, 7) is 6.64. The van der Waals surface area contributed by atoms with Crippen LogP contribution in [0.3, 0.4) is 0 Å². The van der Waals surface area contributed by atoms with E-state index in [-0.39, 0.29) is 33.1 Å². The third kappa shape index (κ3) is 8.45. The lowest BCUT2D eigenvalue weighted by Crippen LogP contribution is -2.54. The van der Waals surface area contributed by atoms with Gasteiger partial charge in [-0.15, -0.1) is 0 Å². The van der Waals surface area contributed by atoms with Crippen molar-refractivity contribution in [2.24, 2.45) is 0 Å². The van der Waals surface area contributed by atoms with Crippen molar-refractivity contribution < 1.29 is 18.0 Å². The molecule has 0 fully saturated rings. The van der Waals surface area contributed by atoms with E-state index in [9.17, 15) is 18.0 Å². The van der Waals surface area contributed by atoms with Gasteiger partial charge in [-0.3, -0.25) is 13.9 Å². The van der Waals surface area contributed by atoms with Gasteiger partial charge in [-0.25, -0.2) is 8.42 Å². The third-order valence-corrected chi connectivity index (χ3v) is 8.43. The highest BCUT2D eigenvalue weighted by atomic mass is 79.9. The molecule has 0 aliphatic rings. The van der Waals surface area contributed by atoms with Crippen LogP contribution in [0.4, 0.5) is 5.69 Å². The van der Waals surface area contributed by atoms with Gasteiger partial charge in [0, 0.05) is 26.6 Å². The average molecular weight is 655 g/mol. The van der Waals surface area contributed by atoms with E-state index in [0.29, 0.717) is 0 Å². The molecular formula is C28H30BrCl2N3O4S. The number of nitrogens with one attached hydrogen (secondary N) is 1. The van der Waals surface area contributed by atoms with Crippen molar-refractivity contribution in [1.82, 2.24) is 10.2 Å². The zero-order valence-electron chi connectivity index (χ0n) is 22.0. The second kappa shape index (κ2) is 12.7. The fourth-order valence-corrected chi connectivity index (χ4v) is 5.97. The van der Waals surface area contributed by atoms with Crippen LogP contribution in [0, 0.1) is 0 Å². The maximum absolute atomic E-state index is 13.9. The number of hydrogen-bond acceptors (Lipinski definition) is 4. The maximum atomic E-state index is 13.9. The first-order chi connectivity index (χ1) is 18.2. The Kier molecular flexibility index (Phi) is 10.1. The van der Waals surface area contributed by atoms with E-state index in [1.807, 2.05) is 45.0 Å². The second-order valence-electron chi connectivity index (χ2n) is 10.0. The molecule has 0 radical (unpaired) electrons. The molecular weight excluding hydrogens is 625 g/mol. The van der Waals surface area contributed by atoms with E-state index in [4.69, 9.17) is 23.2 Å². The summed E-state index contributed by atoms with van der Waals surface area (Å²) in [5, 5.41) is 3.32. The minimum absolute atomic E-state index is 0.00752. The molecule has 208 valence electrons. The van der Waals surface area contributed by atoms with Crippen LogP contribution >= 0.6 is 39.1 Å². The van der Waals surface area contributed by atoms with Crippen LogP contribution in [0.1, 0.15) is 33.3 Å². The molecule has 1 N–H and O–H groups in total. The molecule has 0 saturated heterocycles. The fourth-order valence-electron chi connectivity index (χ4n) is 3.77. The lowest BCUT2D eigenvalue weighted by Gasteiger charge is -2.33. The predicted octanol–water partition coefficient (Wildman–Crippen LogP) is 6.28. The Morgan fingerprint density at radius 3 is 2.05 bits per heavy atom. The summed E-state index contributed by atoms with van der Waals surface area (Å²) in [5.41, 5.74) is 0.364. The highest BCUT2D eigenvalue weighted by Crippen LogP contribution is 2.30. The summed E-state index contributed by atoms with van der Waals surface area (Å²) in [4.78, 5) is 28.4. The number of halogens is 3. The van der Waals surface area contributed by atoms with Crippen LogP contribution in [0.25, 0.3) is 0 Å². The number of amides is 2. The normalized spacial score (nSPS) is 12.5. The molecule has 1 atom stereocenters. The molecule has 3 rings (SSSR count). The molecule has 39 heavy (non-hydrogen) atoms. The van der Waals surface area contributed by atoms with Crippen molar-refractivity contribution in [2.75, 3.05) is 10.8 Å². The predicted molar refractivity (Wildman–Crippen MR) is 159 cm³/mol. The van der Waals surface area contributed by atoms with E-state index in [1.165, 1.54) is 35.2 Å². The molecule has 0 aromatic heterocycles. The molecule has 0 unspecified atom stereocenters. The van der Waals surface area contributed by atoms with Crippen molar-refractivity contribution in [3.8, 4) is 0 Å². The Balaban J connectivity index is 2.05. The number of rotatable bonds is 9. The van der Waals surface area contributed by atoms with Crippen LogP contribution in [-0.4, -0.2) is 43.3 Å². The largest absolute Gasteiger partial charge is 0.350 e. The van der Waals surface area contributed by atoms with Crippen molar-refractivity contribution in [1.29, 1.82) is 0 Å². The zero-order chi connectivity index (χ0) is 29.0. The summed E-state index contributed by atoms with van der Waals surface area (Å²) in [7, 11) is -4.21. The van der Waals surface area contributed by atoms with E-state index in [1.54, 1.807) is 25.1 Å². The number of carbonyl (C=O) groups excluding carboxylic acids is 2. The summed E-state index contributed by atoms with van der Waals surface area (Å²) in [6.07, 6.45) is 0. The average Bonchev–Trinajstić information content (AvgIpc) is 2.85. The monoisotopic (exact) mass is 653 g/mol. The van der Waals surface area contributed by atoms with Crippen LogP contribution in [-0.2, 0) is 26.2 Å². The standard InChI is InChI=1S/C28H30BrCl2N3O4S/c1-19(27(36)32-28(2,3)4)33(17-20-10-12-21(29)13-11-20)26(35)18-34(24-15-22(30)14-23(31)16-24)39(37,38)25-8-6-5-7-9-25/h5-16,19H,17-18H2,1-4H3,(H,32,36)/t19-/m1/s1. The first kappa shape index (κ1) is 30.9. The molecule has 2 amide bonds. The minimum Gasteiger partial charge on any atom is -0.350 e. The van der Waals surface area contributed by atoms with Gasteiger partial charge in [0.1, 0.15) is 12.6 Å². The lowest BCUT2D eigenvalue weighted by molar-refractivity contribution is -0.140. The molecule has 0 aliphatic heterocycles. The zero-order valence-corrected chi connectivity index (χ0v) is 25.9. The minimum atomic E-state index is -4.21. The summed E-state index contributed by atoms with van der Waals surface area (Å²) in [5.74, 6) is -0.943. The molecule has 0 heterocycles. The maximum Gasteiger partial charge on any atom is 0.264 e. The fraction of sp³-hybridized carbons (Fsp3) is 0.286. The second-order valence-corrected chi connectivity index (χ2v) is 13.7. The van der Waals surface area contributed by atoms with Crippen molar-refractivity contribution >= 4 is 66.7 Å². The number of hydrogen-bond donors (Lipinski definition) is 1. The number of anilines is 1. The van der Waals surface area contributed by atoms with Crippen LogP contribution < -0.4 is 9.62 Å². The molecule has 3 aromatic carbocycles. The topological polar surface area (TPSA) is 86.8 Å². The SMILES string of the molecule is C[C@H](C(=O)NC(C)(C)C)N(Cc1ccc(Br)cc1)C(=O)CN(c1cc(Cl)cc(Cl)c1)S(=O)(=O)c1ccccc1. The molecule has 3 aromatic rings. The van der Waals surface area contributed by atoms with E-state index >= 15 is 0 Å². The van der Waals surface area contributed by atoms with Crippen molar-refractivity contribution in [3.63, 3.8) is 0 Å². The molecule has 0 aliphatic carbocycles. The van der Waals surface area contributed by atoms with Gasteiger partial charge in [-0.2, -0.15) is 0 Å². The van der Waals surface area contributed by atoms with Gasteiger partial charge in [0.25, 0.3) is 10.0 Å². The highest BCUT2D eigenvalue weighted by Gasteiger charge is 2.33. The molecule has 0 spiro atoms. The highest BCUT2D eigenvalue weighted by molar-refractivity contribution is 9.10. The van der Waals surface area contributed by atoms with Gasteiger partial charge in [-0.1, -0.05) is 69.5 Å². The van der Waals surface area contributed by atoms with Crippen molar-refractivity contribution in [2.45, 2.75) is 50.7 Å². The lowest BCUT2D eigenvalue weighted by atomic mass is 10.1. The number of carbonyl (C=O) groups is 2. The van der Waals surface area contributed by atoms with E-state index < -0.39 is 34.1 Å². The smallest absolute Gasteiger partial charge is 0.264 e. The first-order valence-electron chi connectivity index (χ1n) is 12.1. The Morgan fingerprint density at radius 1 is 0.949 bits per heavy atom. The van der Waals surface area contributed by atoms with Gasteiger partial charge in [0.15, 0.2) is 0 Å². The van der Waals surface area contributed by atoms with Gasteiger partial charge in [0.05, 0.1) is 10.6 Å². The summed E-state index contributed by atoms with van der Waals surface area (Å²) < 4.78 is 29.4. The Labute approximate surface area is 248 Å². The van der Waals surface area contributed by atoms with Gasteiger partial charge in [-0.05, 0) is 75.7 Å². The molecule has 11 heteroatoms. The number of sulfonamides is 1. The Bertz CT molecular complexity index is 1410. The van der Waals surface area contributed by atoms with E-state index in [2.05, 4.69) is 21.2 Å². The first-order valence-corrected chi connectivity index (χ1v) is 15.1. The Hall–Kier alpha value is -2.59. The van der Waals surface area contributed by atoms with Crippen LogP contribution in [0.15, 0.2) is 82.2 Å². The number of nitrogens with zero attached hydrogens (tertiary/aromatic N) is 2. The van der Waals surface area contributed by atoms with E-state index in [0.717, 1.165) is 14.3 Å². The molecule has 7 nitrogen and oxygen atoms in total. The quantitative estimate of drug-likeness (QED) is 0.294. The summed E-state index contributed by atoms with van der Waals surface area (Å²) >= 11 is 15.8. The van der Waals surface area contributed by atoms with Crippen LogP contribution in [0.5, 0.6) is 0 Å². The Morgan fingerprint density at radius 2 is 1.51 bits per heavy atom.